The molecule has 1 amide bonds. The molecule has 2 aromatic carbocycles. The summed E-state index contributed by atoms with van der Waals surface area (Å²) in [7, 11) is 2.86. The van der Waals surface area contributed by atoms with E-state index in [4.69, 9.17) is 9.47 Å². The summed E-state index contributed by atoms with van der Waals surface area (Å²) in [4.78, 5) is 23.2. The number of amides is 1. The quantitative estimate of drug-likeness (QED) is 0.372. The topological polar surface area (TPSA) is 123 Å². The van der Waals surface area contributed by atoms with Gasteiger partial charge in [0.1, 0.15) is 5.75 Å². The van der Waals surface area contributed by atoms with Crippen LogP contribution in [0.15, 0.2) is 35.2 Å². The predicted octanol–water partition coefficient (Wildman–Crippen LogP) is 3.23. The first kappa shape index (κ1) is 20.3. The third-order valence-corrected chi connectivity index (χ3v) is 5.19. The lowest BCUT2D eigenvalue weighted by Crippen LogP contribution is -2.31. The van der Waals surface area contributed by atoms with Gasteiger partial charge in [0.15, 0.2) is 11.2 Å². The van der Waals surface area contributed by atoms with Gasteiger partial charge in [-0.1, -0.05) is 17.8 Å². The molecule has 1 saturated heterocycles. The zero-order valence-electron chi connectivity index (χ0n) is 15.9. The van der Waals surface area contributed by atoms with Crippen LogP contribution >= 0.6 is 11.8 Å². The molecule has 0 saturated carbocycles. The fourth-order valence-corrected chi connectivity index (χ4v) is 3.76. The fraction of sp³-hybridized carbons (Fsp3) is 0.211. The van der Waals surface area contributed by atoms with Crippen LogP contribution in [0.1, 0.15) is 11.1 Å². The zero-order chi connectivity index (χ0) is 21.1. The smallest absolute Gasteiger partial charge is 0.315 e. The number of anilines is 1. The van der Waals surface area contributed by atoms with Crippen LogP contribution in [0.5, 0.6) is 17.2 Å². The third kappa shape index (κ3) is 4.37. The van der Waals surface area contributed by atoms with E-state index in [0.29, 0.717) is 16.2 Å². The molecule has 3 rings (SSSR count). The average Bonchev–Trinajstić information content (AvgIpc) is 3.01. The maximum atomic E-state index is 12.4. The number of rotatable bonds is 6. The van der Waals surface area contributed by atoms with E-state index in [1.807, 2.05) is 25.1 Å². The molecule has 0 spiro atoms. The number of phenolic OH excluding ortho intramolecular Hbond substituents is 1. The summed E-state index contributed by atoms with van der Waals surface area (Å²) >= 11 is 1.23. The summed E-state index contributed by atoms with van der Waals surface area (Å²) in [5, 5.41) is 27.0. The molecule has 0 bridgehead atoms. The van der Waals surface area contributed by atoms with Crippen LogP contribution in [-0.4, -0.2) is 35.7 Å². The van der Waals surface area contributed by atoms with Crippen molar-refractivity contribution in [3.05, 3.63) is 56.5 Å². The maximum absolute atomic E-state index is 12.4. The minimum atomic E-state index is -0.712. The fourth-order valence-electron chi connectivity index (χ4n) is 2.78. The van der Waals surface area contributed by atoms with Gasteiger partial charge in [-0.25, -0.2) is 0 Å². The van der Waals surface area contributed by atoms with E-state index >= 15 is 0 Å². The number of aryl methyl sites for hydroxylation is 1. The van der Waals surface area contributed by atoms with Crippen LogP contribution in [0.3, 0.4) is 0 Å². The number of thioether (sulfide) groups is 1. The van der Waals surface area contributed by atoms with Gasteiger partial charge in [-0.05, 0) is 42.3 Å². The molecule has 9 nitrogen and oxygen atoms in total. The minimum Gasteiger partial charge on any atom is -0.500 e. The molecule has 2 aromatic rings. The average molecular weight is 417 g/mol. The van der Waals surface area contributed by atoms with Gasteiger partial charge in [0, 0.05) is 6.07 Å². The molecule has 152 valence electrons. The molecule has 0 aliphatic carbocycles. The highest BCUT2D eigenvalue weighted by Crippen LogP contribution is 2.39. The summed E-state index contributed by atoms with van der Waals surface area (Å²) in [6.45, 7) is 1.95. The molecule has 1 unspecified atom stereocenters. The van der Waals surface area contributed by atoms with Gasteiger partial charge in [0.05, 0.1) is 29.7 Å². The second-order valence-electron chi connectivity index (χ2n) is 6.18. The molecular formula is C19H19N3O6S. The number of nitro groups is 1. The van der Waals surface area contributed by atoms with Crippen molar-refractivity contribution >= 4 is 35.1 Å². The van der Waals surface area contributed by atoms with Crippen molar-refractivity contribution in [2.24, 2.45) is 0 Å². The van der Waals surface area contributed by atoms with E-state index in [2.05, 4.69) is 10.6 Å². The first-order valence-corrected chi connectivity index (χ1v) is 9.36. The summed E-state index contributed by atoms with van der Waals surface area (Å²) < 4.78 is 10.3. The van der Waals surface area contributed by atoms with Crippen molar-refractivity contribution in [3.63, 3.8) is 0 Å². The molecule has 10 heteroatoms. The van der Waals surface area contributed by atoms with E-state index in [1.165, 1.54) is 37.1 Å². The lowest BCUT2D eigenvalue weighted by Gasteiger charge is -2.16. The second-order valence-corrected chi connectivity index (χ2v) is 7.32. The Morgan fingerprint density at radius 2 is 1.97 bits per heavy atom. The van der Waals surface area contributed by atoms with Gasteiger partial charge in [-0.15, -0.1) is 0 Å². The Hall–Kier alpha value is -3.40. The molecule has 29 heavy (non-hydrogen) atoms. The lowest BCUT2D eigenvalue weighted by molar-refractivity contribution is -0.386. The number of carbonyl (C=O) groups excluding carboxylic acids is 1. The molecule has 1 atom stereocenters. The number of ether oxygens (including phenoxy) is 2. The van der Waals surface area contributed by atoms with Gasteiger partial charge in [-0.3, -0.25) is 14.9 Å². The Morgan fingerprint density at radius 1 is 1.24 bits per heavy atom. The highest BCUT2D eigenvalue weighted by molar-refractivity contribution is 8.05. The summed E-state index contributed by atoms with van der Waals surface area (Å²) in [6.07, 6.45) is 1.50. The molecule has 0 radical (unpaired) electrons. The van der Waals surface area contributed by atoms with Crippen molar-refractivity contribution in [3.8, 4) is 17.2 Å². The number of hydrogen-bond acceptors (Lipinski definition) is 8. The Morgan fingerprint density at radius 3 is 2.62 bits per heavy atom. The van der Waals surface area contributed by atoms with Crippen LogP contribution in [-0.2, 0) is 4.79 Å². The number of benzene rings is 2. The van der Waals surface area contributed by atoms with Gasteiger partial charge < -0.3 is 25.2 Å². The van der Waals surface area contributed by atoms with Gasteiger partial charge in [-0.2, -0.15) is 0 Å². The van der Waals surface area contributed by atoms with Crippen LogP contribution in [0, 0.1) is 17.0 Å². The second kappa shape index (κ2) is 8.31. The van der Waals surface area contributed by atoms with E-state index in [1.54, 1.807) is 7.11 Å². The first-order valence-electron chi connectivity index (χ1n) is 8.48. The van der Waals surface area contributed by atoms with Crippen LogP contribution in [0.4, 0.5) is 11.4 Å². The molecule has 1 aliphatic rings. The number of hydrogen-bond donors (Lipinski definition) is 3. The standard InChI is InChI=1S/C19H19N3O6S/c1-10-4-5-14(27-2)12(6-10)20-19-21-18(24)16(29-19)9-11-7-13(22(25)26)17(23)15(8-11)28-3/h4-9,19-20,23H,1-3H3,(H,21,24)/b16-9-. The first-order chi connectivity index (χ1) is 13.8. The van der Waals surface area contributed by atoms with E-state index in [-0.39, 0.29) is 11.7 Å². The normalized spacial score (nSPS) is 17.1. The van der Waals surface area contributed by atoms with Gasteiger partial charge >= 0.3 is 5.69 Å². The van der Waals surface area contributed by atoms with Gasteiger partial charge in [0.25, 0.3) is 5.91 Å². The summed E-state index contributed by atoms with van der Waals surface area (Å²) in [5.74, 6) is -0.293. The number of methoxy groups -OCH3 is 2. The number of nitro benzene ring substituents is 1. The molecule has 1 aliphatic heterocycles. The van der Waals surface area contributed by atoms with Crippen LogP contribution in [0.25, 0.3) is 6.08 Å². The number of phenols is 1. The number of nitrogens with one attached hydrogen (secondary N) is 2. The largest absolute Gasteiger partial charge is 0.500 e. The van der Waals surface area contributed by atoms with Crippen LogP contribution in [0.2, 0.25) is 0 Å². The SMILES string of the molecule is COc1ccc(C)cc1NC1NC(=O)/C(=C/c2cc(OC)c(O)c([N+](=O)[O-])c2)S1. The maximum Gasteiger partial charge on any atom is 0.315 e. The lowest BCUT2D eigenvalue weighted by atomic mass is 10.1. The Bertz CT molecular complexity index is 1010. The highest BCUT2D eigenvalue weighted by atomic mass is 32.2. The Balaban J connectivity index is 1.86. The molecule has 0 aromatic heterocycles. The third-order valence-electron chi connectivity index (χ3n) is 4.16. The van der Waals surface area contributed by atoms with Crippen molar-refractivity contribution < 1.29 is 24.3 Å². The van der Waals surface area contributed by atoms with Gasteiger partial charge in [0.2, 0.25) is 5.75 Å². The summed E-state index contributed by atoms with van der Waals surface area (Å²) in [6, 6.07) is 8.26. The number of carbonyl (C=O) groups is 1. The highest BCUT2D eigenvalue weighted by Gasteiger charge is 2.28. The minimum absolute atomic E-state index is 0.0476. The van der Waals surface area contributed by atoms with Crippen LogP contribution < -0.4 is 20.1 Å². The van der Waals surface area contributed by atoms with E-state index in [9.17, 15) is 20.0 Å². The summed E-state index contributed by atoms with van der Waals surface area (Å²) in [5.41, 5.74) is 1.17. The number of aromatic hydroxyl groups is 1. The van der Waals surface area contributed by atoms with E-state index in [0.717, 1.165) is 11.3 Å². The molecule has 1 heterocycles. The molecular weight excluding hydrogens is 398 g/mol. The Labute approximate surface area is 170 Å². The molecule has 3 N–H and O–H groups in total. The monoisotopic (exact) mass is 417 g/mol. The van der Waals surface area contributed by atoms with Crippen molar-refractivity contribution in [2.75, 3.05) is 19.5 Å². The Kier molecular flexibility index (Phi) is 5.83. The number of nitrogens with zero attached hydrogens (tertiary/aromatic N) is 1. The van der Waals surface area contributed by atoms with E-state index < -0.39 is 21.9 Å². The van der Waals surface area contributed by atoms with Crippen molar-refractivity contribution in [1.29, 1.82) is 0 Å². The zero-order valence-corrected chi connectivity index (χ0v) is 16.7. The molecule has 1 fully saturated rings. The van der Waals surface area contributed by atoms with Crippen molar-refractivity contribution in [2.45, 2.75) is 12.4 Å². The predicted molar refractivity (Wildman–Crippen MR) is 110 cm³/mol. The van der Waals surface area contributed by atoms with Crippen molar-refractivity contribution in [1.82, 2.24) is 5.32 Å².